The van der Waals surface area contributed by atoms with E-state index in [0.717, 1.165) is 29.1 Å². The van der Waals surface area contributed by atoms with Gasteiger partial charge in [0.1, 0.15) is 11.6 Å². The quantitative estimate of drug-likeness (QED) is 0.819. The van der Waals surface area contributed by atoms with Crippen LogP contribution in [0.5, 0.6) is 5.88 Å². The summed E-state index contributed by atoms with van der Waals surface area (Å²) in [7, 11) is 1.78. The van der Waals surface area contributed by atoms with Crippen LogP contribution in [0.4, 0.5) is 5.69 Å². The number of rotatable bonds is 2. The van der Waals surface area contributed by atoms with Crippen molar-refractivity contribution in [3.8, 4) is 11.9 Å². The number of amides is 1. The molecule has 0 saturated carbocycles. The molecule has 0 spiro atoms. The van der Waals surface area contributed by atoms with Crippen molar-refractivity contribution >= 4 is 11.6 Å². The zero-order chi connectivity index (χ0) is 19.1. The van der Waals surface area contributed by atoms with Gasteiger partial charge in [-0.15, -0.1) is 0 Å². The fourth-order valence-corrected chi connectivity index (χ4v) is 3.73. The molecule has 2 aliphatic heterocycles. The molecule has 0 aliphatic carbocycles. The highest BCUT2D eigenvalue weighted by molar-refractivity contribution is 5.95. The van der Waals surface area contributed by atoms with Crippen LogP contribution in [0.3, 0.4) is 0 Å². The van der Waals surface area contributed by atoms with Crippen molar-refractivity contribution < 1.29 is 9.53 Å². The summed E-state index contributed by atoms with van der Waals surface area (Å²) in [5.41, 5.74) is 9.75. The average molecular weight is 364 g/mol. The highest BCUT2D eigenvalue weighted by atomic mass is 16.5. The number of nitrogens with zero attached hydrogens (tertiary/aromatic N) is 4. The lowest BCUT2D eigenvalue weighted by molar-refractivity contribution is -0.118. The summed E-state index contributed by atoms with van der Waals surface area (Å²) in [4.78, 5) is 13.9. The third kappa shape index (κ3) is 2.73. The largest absolute Gasteiger partial charge is 0.422 e. The first-order valence-electron chi connectivity index (χ1n) is 8.73. The SMILES string of the molecule is Cc1nn(C)c2c1C(c1ccc(N3CCNCC3=O)cc1)C(C#N)=C(N)O2. The molecule has 1 saturated heterocycles. The zero-order valence-corrected chi connectivity index (χ0v) is 15.2. The third-order valence-corrected chi connectivity index (χ3v) is 5.01. The lowest BCUT2D eigenvalue weighted by Crippen LogP contribution is -2.48. The number of nitrogens with one attached hydrogen (secondary N) is 1. The molecule has 1 atom stereocenters. The monoisotopic (exact) mass is 364 g/mol. The van der Waals surface area contributed by atoms with Crippen LogP contribution >= 0.6 is 0 Å². The van der Waals surface area contributed by atoms with Crippen LogP contribution in [0.1, 0.15) is 22.7 Å². The summed E-state index contributed by atoms with van der Waals surface area (Å²) < 4.78 is 7.28. The van der Waals surface area contributed by atoms with Gasteiger partial charge in [-0.3, -0.25) is 4.79 Å². The molecule has 3 heterocycles. The number of allylic oxidation sites excluding steroid dienone is 1. The number of anilines is 1. The van der Waals surface area contributed by atoms with Gasteiger partial charge in [-0.2, -0.15) is 10.4 Å². The van der Waals surface area contributed by atoms with Gasteiger partial charge in [-0.1, -0.05) is 12.1 Å². The van der Waals surface area contributed by atoms with Gasteiger partial charge in [0, 0.05) is 25.8 Å². The maximum absolute atomic E-state index is 12.1. The minimum atomic E-state index is -0.347. The molecule has 2 aliphatic rings. The van der Waals surface area contributed by atoms with Gasteiger partial charge in [-0.25, -0.2) is 4.68 Å². The summed E-state index contributed by atoms with van der Waals surface area (Å²) in [5.74, 6) is 0.349. The van der Waals surface area contributed by atoms with Gasteiger partial charge < -0.3 is 20.7 Å². The number of hydrogen-bond donors (Lipinski definition) is 2. The Labute approximate surface area is 156 Å². The molecule has 4 rings (SSSR count). The minimum absolute atomic E-state index is 0.0484. The summed E-state index contributed by atoms with van der Waals surface area (Å²) in [6.45, 7) is 3.64. The number of fused-ring (bicyclic) bond motifs is 1. The Morgan fingerprint density at radius 3 is 2.78 bits per heavy atom. The van der Waals surface area contributed by atoms with E-state index in [9.17, 15) is 10.1 Å². The topological polar surface area (TPSA) is 109 Å². The lowest BCUT2D eigenvalue weighted by Gasteiger charge is -2.28. The van der Waals surface area contributed by atoms with Crippen LogP contribution in [0, 0.1) is 18.3 Å². The predicted molar refractivity (Wildman–Crippen MR) is 98.9 cm³/mol. The number of carbonyl (C=O) groups is 1. The van der Waals surface area contributed by atoms with Crippen molar-refractivity contribution in [1.29, 1.82) is 5.26 Å². The predicted octanol–water partition coefficient (Wildman–Crippen LogP) is 0.883. The second-order valence-electron chi connectivity index (χ2n) is 6.67. The van der Waals surface area contributed by atoms with Crippen molar-refractivity contribution in [1.82, 2.24) is 15.1 Å². The molecule has 1 aromatic carbocycles. The summed E-state index contributed by atoms with van der Waals surface area (Å²) in [6.07, 6.45) is 0. The van der Waals surface area contributed by atoms with Gasteiger partial charge in [-0.05, 0) is 24.6 Å². The lowest BCUT2D eigenvalue weighted by atomic mass is 9.84. The molecule has 8 heteroatoms. The van der Waals surface area contributed by atoms with Crippen LogP contribution < -0.4 is 20.7 Å². The van der Waals surface area contributed by atoms with Crippen molar-refractivity contribution in [2.24, 2.45) is 12.8 Å². The van der Waals surface area contributed by atoms with Crippen molar-refractivity contribution in [2.75, 3.05) is 24.5 Å². The number of benzene rings is 1. The Hall–Kier alpha value is -3.31. The first-order valence-corrected chi connectivity index (χ1v) is 8.73. The second-order valence-corrected chi connectivity index (χ2v) is 6.67. The molecule has 0 radical (unpaired) electrons. The van der Waals surface area contributed by atoms with Gasteiger partial charge in [0.05, 0.1) is 23.7 Å². The highest BCUT2D eigenvalue weighted by Gasteiger charge is 2.35. The van der Waals surface area contributed by atoms with E-state index < -0.39 is 0 Å². The van der Waals surface area contributed by atoms with Gasteiger partial charge >= 0.3 is 0 Å². The fraction of sp³-hybridized carbons (Fsp3) is 0.316. The average Bonchev–Trinajstić information content (AvgIpc) is 2.94. The van der Waals surface area contributed by atoms with Gasteiger partial charge in [0.2, 0.25) is 17.7 Å². The molecular weight excluding hydrogens is 344 g/mol. The fourth-order valence-electron chi connectivity index (χ4n) is 3.73. The van der Waals surface area contributed by atoms with Crippen molar-refractivity contribution in [3.63, 3.8) is 0 Å². The smallest absolute Gasteiger partial charge is 0.240 e. The molecule has 8 nitrogen and oxygen atoms in total. The van der Waals surface area contributed by atoms with E-state index in [1.165, 1.54) is 0 Å². The summed E-state index contributed by atoms with van der Waals surface area (Å²) in [5, 5.41) is 17.1. The number of aromatic nitrogens is 2. The maximum atomic E-state index is 12.1. The molecule has 1 aromatic heterocycles. The molecule has 27 heavy (non-hydrogen) atoms. The Balaban J connectivity index is 1.76. The summed E-state index contributed by atoms with van der Waals surface area (Å²) in [6, 6.07) is 9.86. The Bertz CT molecular complexity index is 983. The molecule has 1 amide bonds. The third-order valence-electron chi connectivity index (χ3n) is 5.01. The molecule has 1 fully saturated rings. The van der Waals surface area contributed by atoms with E-state index in [-0.39, 0.29) is 17.7 Å². The molecule has 138 valence electrons. The maximum Gasteiger partial charge on any atom is 0.240 e. The van der Waals surface area contributed by atoms with Crippen LogP contribution in [-0.2, 0) is 11.8 Å². The first kappa shape index (κ1) is 17.1. The van der Waals surface area contributed by atoms with Gasteiger partial charge in [0.25, 0.3) is 0 Å². The standard InChI is InChI=1S/C19H20N6O2/c1-11-16-17(14(9-20)18(21)27-19(16)24(2)23-11)12-3-5-13(6-4-12)25-8-7-22-10-15(25)26/h3-6,17,22H,7-8,10,21H2,1-2H3. The van der Waals surface area contributed by atoms with E-state index in [1.807, 2.05) is 31.2 Å². The van der Waals surface area contributed by atoms with E-state index in [0.29, 0.717) is 24.5 Å². The summed E-state index contributed by atoms with van der Waals surface area (Å²) >= 11 is 0. The van der Waals surface area contributed by atoms with Crippen LogP contribution in [-0.4, -0.2) is 35.3 Å². The minimum Gasteiger partial charge on any atom is -0.422 e. The number of nitrogens with two attached hydrogens (primary N) is 1. The van der Waals surface area contributed by atoms with Crippen LogP contribution in [0.25, 0.3) is 0 Å². The normalized spacial score (nSPS) is 19.5. The molecular formula is C19H20N6O2. The molecule has 1 unspecified atom stereocenters. The Morgan fingerprint density at radius 2 is 2.11 bits per heavy atom. The number of carbonyl (C=O) groups excluding carboxylic acids is 1. The Morgan fingerprint density at radius 1 is 1.37 bits per heavy atom. The van der Waals surface area contributed by atoms with E-state index in [2.05, 4.69) is 16.5 Å². The second kappa shape index (κ2) is 6.45. The number of hydrogen-bond acceptors (Lipinski definition) is 6. The zero-order valence-electron chi connectivity index (χ0n) is 15.2. The van der Waals surface area contributed by atoms with E-state index in [1.54, 1.807) is 16.6 Å². The molecule has 0 bridgehead atoms. The van der Waals surface area contributed by atoms with Crippen LogP contribution in [0.15, 0.2) is 35.7 Å². The van der Waals surface area contributed by atoms with Crippen molar-refractivity contribution in [3.05, 3.63) is 52.5 Å². The molecule has 3 N–H and O–H groups in total. The van der Waals surface area contributed by atoms with Crippen LogP contribution in [0.2, 0.25) is 0 Å². The number of ether oxygens (including phenoxy) is 1. The number of aryl methyl sites for hydroxylation is 2. The van der Waals surface area contributed by atoms with Gasteiger partial charge in [0.15, 0.2) is 0 Å². The van der Waals surface area contributed by atoms with Crippen molar-refractivity contribution in [2.45, 2.75) is 12.8 Å². The van der Waals surface area contributed by atoms with E-state index in [4.69, 9.17) is 10.5 Å². The number of piperazine rings is 1. The highest BCUT2D eigenvalue weighted by Crippen LogP contribution is 2.43. The van der Waals surface area contributed by atoms with E-state index >= 15 is 0 Å². The molecule has 2 aromatic rings. The first-order chi connectivity index (χ1) is 13.0. The number of nitriles is 1. The Kier molecular flexibility index (Phi) is 4.09.